The van der Waals surface area contributed by atoms with Crippen LogP contribution < -0.4 is 5.32 Å². The summed E-state index contributed by atoms with van der Waals surface area (Å²) in [5.41, 5.74) is -0.460. The van der Waals surface area contributed by atoms with Crippen molar-refractivity contribution in [1.29, 1.82) is 0 Å². The predicted molar refractivity (Wildman–Crippen MR) is 73.6 cm³/mol. The van der Waals surface area contributed by atoms with Gasteiger partial charge in [-0.15, -0.1) is 0 Å². The van der Waals surface area contributed by atoms with Crippen molar-refractivity contribution in [1.82, 2.24) is 10.2 Å². The zero-order valence-corrected chi connectivity index (χ0v) is 12.5. The lowest BCUT2D eigenvalue weighted by atomic mass is 9.97. The molecule has 0 aromatic heterocycles. The number of hydrogen-bond acceptors (Lipinski definition) is 4. The third-order valence-electron chi connectivity index (χ3n) is 4.06. The van der Waals surface area contributed by atoms with Crippen LogP contribution in [-0.2, 0) is 9.53 Å². The maximum Gasteiger partial charge on any atom is 0.326 e. The van der Waals surface area contributed by atoms with Crippen LogP contribution in [0.4, 0.5) is 0 Å². The molecule has 18 heavy (non-hydrogen) atoms. The molecule has 2 atom stereocenters. The number of nitrogens with zero attached hydrogens (tertiary/aromatic N) is 1. The van der Waals surface area contributed by atoms with E-state index in [1.807, 2.05) is 13.8 Å². The zero-order chi connectivity index (χ0) is 13.8. The standard InChI is InChI=1S/C14H28N2O2/c1-6-15-14(13(17)18-7-2)9-8-12(10-14)16(5)11(3)4/h11-12,15H,6-10H2,1-5H3. The van der Waals surface area contributed by atoms with Gasteiger partial charge in [0.05, 0.1) is 6.61 Å². The van der Waals surface area contributed by atoms with Gasteiger partial charge in [-0.1, -0.05) is 6.92 Å². The largest absolute Gasteiger partial charge is 0.465 e. The maximum atomic E-state index is 12.2. The van der Waals surface area contributed by atoms with Crippen molar-refractivity contribution in [3.05, 3.63) is 0 Å². The van der Waals surface area contributed by atoms with Gasteiger partial charge in [0.25, 0.3) is 0 Å². The summed E-state index contributed by atoms with van der Waals surface area (Å²) in [5.74, 6) is -0.0773. The minimum absolute atomic E-state index is 0.0773. The number of likely N-dealkylation sites (N-methyl/N-ethyl adjacent to an activating group) is 1. The summed E-state index contributed by atoms with van der Waals surface area (Å²) in [6.45, 7) is 9.55. The van der Waals surface area contributed by atoms with Crippen molar-refractivity contribution in [2.24, 2.45) is 0 Å². The van der Waals surface area contributed by atoms with E-state index in [2.05, 4.69) is 31.1 Å². The Kier molecular flexibility index (Phi) is 5.60. The third kappa shape index (κ3) is 3.23. The van der Waals surface area contributed by atoms with Crippen LogP contribution in [0.3, 0.4) is 0 Å². The topological polar surface area (TPSA) is 41.6 Å². The van der Waals surface area contributed by atoms with Crippen LogP contribution >= 0.6 is 0 Å². The highest BCUT2D eigenvalue weighted by Crippen LogP contribution is 2.34. The Morgan fingerprint density at radius 2 is 2.17 bits per heavy atom. The van der Waals surface area contributed by atoms with Crippen molar-refractivity contribution in [3.8, 4) is 0 Å². The normalized spacial score (nSPS) is 28.1. The number of carbonyl (C=O) groups is 1. The average Bonchev–Trinajstić information content (AvgIpc) is 2.74. The predicted octanol–water partition coefficient (Wildman–Crippen LogP) is 1.79. The molecule has 0 amide bonds. The van der Waals surface area contributed by atoms with E-state index in [-0.39, 0.29) is 5.97 Å². The van der Waals surface area contributed by atoms with Crippen molar-refractivity contribution in [2.75, 3.05) is 20.2 Å². The van der Waals surface area contributed by atoms with Crippen LogP contribution in [0.2, 0.25) is 0 Å². The zero-order valence-electron chi connectivity index (χ0n) is 12.5. The van der Waals surface area contributed by atoms with E-state index in [0.717, 1.165) is 25.8 Å². The van der Waals surface area contributed by atoms with Gasteiger partial charge in [-0.05, 0) is 53.6 Å². The minimum atomic E-state index is -0.460. The molecule has 2 unspecified atom stereocenters. The highest BCUT2D eigenvalue weighted by Gasteiger charge is 2.47. The molecule has 0 spiro atoms. The average molecular weight is 256 g/mol. The monoisotopic (exact) mass is 256 g/mol. The smallest absolute Gasteiger partial charge is 0.326 e. The molecule has 4 nitrogen and oxygen atoms in total. The van der Waals surface area contributed by atoms with E-state index >= 15 is 0 Å². The molecule has 0 aliphatic heterocycles. The van der Waals surface area contributed by atoms with Gasteiger partial charge < -0.3 is 15.0 Å². The van der Waals surface area contributed by atoms with Gasteiger partial charge in [0.1, 0.15) is 5.54 Å². The second kappa shape index (κ2) is 6.53. The first-order valence-electron chi connectivity index (χ1n) is 7.11. The van der Waals surface area contributed by atoms with E-state index in [4.69, 9.17) is 4.74 Å². The Labute approximate surface area is 111 Å². The second-order valence-corrected chi connectivity index (χ2v) is 5.49. The van der Waals surface area contributed by atoms with Gasteiger partial charge in [0, 0.05) is 12.1 Å². The Balaban J connectivity index is 2.74. The highest BCUT2D eigenvalue weighted by molar-refractivity contribution is 5.81. The highest BCUT2D eigenvalue weighted by atomic mass is 16.5. The van der Waals surface area contributed by atoms with Crippen molar-refractivity contribution >= 4 is 5.97 Å². The van der Waals surface area contributed by atoms with Gasteiger partial charge in [0.2, 0.25) is 0 Å². The molecule has 0 aromatic rings. The molecular weight excluding hydrogens is 228 g/mol. The molecular formula is C14H28N2O2. The summed E-state index contributed by atoms with van der Waals surface area (Å²) in [7, 11) is 2.14. The number of ether oxygens (including phenoxy) is 1. The molecule has 4 heteroatoms. The van der Waals surface area contributed by atoms with Crippen LogP contribution in [-0.4, -0.2) is 48.7 Å². The summed E-state index contributed by atoms with van der Waals surface area (Å²) in [6, 6.07) is 0.975. The molecule has 1 N–H and O–H groups in total. The Bertz CT molecular complexity index is 281. The Morgan fingerprint density at radius 3 is 2.67 bits per heavy atom. The van der Waals surface area contributed by atoms with E-state index in [1.54, 1.807) is 0 Å². The first kappa shape index (κ1) is 15.4. The molecule has 0 saturated heterocycles. The fraction of sp³-hybridized carbons (Fsp3) is 0.929. The van der Waals surface area contributed by atoms with Gasteiger partial charge in [-0.2, -0.15) is 0 Å². The fourth-order valence-corrected chi connectivity index (χ4v) is 2.81. The summed E-state index contributed by atoms with van der Waals surface area (Å²) < 4.78 is 5.25. The molecule has 0 aromatic carbocycles. The van der Waals surface area contributed by atoms with Crippen LogP contribution in [0, 0.1) is 0 Å². The lowest BCUT2D eigenvalue weighted by Crippen LogP contribution is -2.52. The summed E-state index contributed by atoms with van der Waals surface area (Å²) in [4.78, 5) is 14.6. The van der Waals surface area contributed by atoms with Gasteiger partial charge in [-0.3, -0.25) is 4.79 Å². The van der Waals surface area contributed by atoms with Crippen LogP contribution in [0.25, 0.3) is 0 Å². The van der Waals surface area contributed by atoms with Crippen molar-refractivity contribution < 1.29 is 9.53 Å². The molecule has 0 radical (unpaired) electrons. The van der Waals surface area contributed by atoms with Gasteiger partial charge >= 0.3 is 5.97 Å². The first-order valence-corrected chi connectivity index (χ1v) is 7.11. The molecule has 1 saturated carbocycles. The minimum Gasteiger partial charge on any atom is -0.465 e. The molecule has 0 bridgehead atoms. The van der Waals surface area contributed by atoms with Gasteiger partial charge in [0.15, 0.2) is 0 Å². The second-order valence-electron chi connectivity index (χ2n) is 5.49. The maximum absolute atomic E-state index is 12.2. The lowest BCUT2D eigenvalue weighted by Gasteiger charge is -2.31. The quantitative estimate of drug-likeness (QED) is 0.736. The van der Waals surface area contributed by atoms with E-state index in [0.29, 0.717) is 18.7 Å². The Hall–Kier alpha value is -0.610. The molecule has 0 heterocycles. The molecule has 1 aliphatic carbocycles. The summed E-state index contributed by atoms with van der Waals surface area (Å²) in [6.07, 6.45) is 2.79. The number of carbonyl (C=O) groups excluding carboxylic acids is 1. The van der Waals surface area contributed by atoms with Crippen molar-refractivity contribution in [2.45, 2.75) is 64.6 Å². The third-order valence-corrected chi connectivity index (χ3v) is 4.06. The molecule has 1 aliphatic rings. The number of rotatable bonds is 6. The number of nitrogens with one attached hydrogen (secondary N) is 1. The molecule has 106 valence electrons. The Morgan fingerprint density at radius 1 is 1.50 bits per heavy atom. The molecule has 1 fully saturated rings. The van der Waals surface area contributed by atoms with Gasteiger partial charge in [-0.25, -0.2) is 0 Å². The first-order chi connectivity index (χ1) is 8.46. The summed E-state index contributed by atoms with van der Waals surface area (Å²) >= 11 is 0. The molecule has 1 rings (SSSR count). The number of esters is 1. The van der Waals surface area contributed by atoms with Crippen LogP contribution in [0.1, 0.15) is 47.0 Å². The van der Waals surface area contributed by atoms with E-state index in [9.17, 15) is 4.79 Å². The summed E-state index contributed by atoms with van der Waals surface area (Å²) in [5, 5.41) is 3.37. The van der Waals surface area contributed by atoms with Crippen molar-refractivity contribution in [3.63, 3.8) is 0 Å². The van der Waals surface area contributed by atoms with Crippen LogP contribution in [0.5, 0.6) is 0 Å². The number of hydrogen-bond donors (Lipinski definition) is 1. The van der Waals surface area contributed by atoms with E-state index < -0.39 is 5.54 Å². The SMILES string of the molecule is CCNC1(C(=O)OCC)CCC(N(C)C(C)C)C1. The van der Waals surface area contributed by atoms with E-state index in [1.165, 1.54) is 0 Å². The lowest BCUT2D eigenvalue weighted by molar-refractivity contribution is -0.151. The fourth-order valence-electron chi connectivity index (χ4n) is 2.81. The van der Waals surface area contributed by atoms with Crippen LogP contribution in [0.15, 0.2) is 0 Å².